The fraction of sp³-hybridized carbons (Fsp3) is 0.625. The van der Waals surface area contributed by atoms with Gasteiger partial charge in [-0.15, -0.1) is 0 Å². The Bertz CT molecular complexity index is 487. The lowest BCUT2D eigenvalue weighted by Crippen LogP contribution is -2.47. The summed E-state index contributed by atoms with van der Waals surface area (Å²) in [6.45, 7) is 1.43. The molecule has 5 heteroatoms. The third kappa shape index (κ3) is 3.68. The summed E-state index contributed by atoms with van der Waals surface area (Å²) in [7, 11) is 2.16. The van der Waals surface area contributed by atoms with Crippen molar-refractivity contribution < 1.29 is 9.13 Å². The number of hydrogen-bond acceptors (Lipinski definition) is 3. The number of nitrogens with one attached hydrogen (secondary N) is 1. The molecule has 1 aromatic rings. The number of nitrogens with zero attached hydrogens (tertiary/aromatic N) is 1. The van der Waals surface area contributed by atoms with Crippen LogP contribution in [0.2, 0.25) is 5.02 Å². The Morgan fingerprint density at radius 1 is 1.33 bits per heavy atom. The van der Waals surface area contributed by atoms with Crippen LogP contribution in [0.15, 0.2) is 18.2 Å². The van der Waals surface area contributed by atoms with E-state index in [1.165, 1.54) is 37.8 Å². The molecule has 0 aromatic heterocycles. The number of likely N-dealkylation sites (N-methyl/N-ethyl adjacent to an activating group) is 1. The van der Waals surface area contributed by atoms with Crippen molar-refractivity contribution in [1.29, 1.82) is 0 Å². The van der Waals surface area contributed by atoms with Crippen molar-refractivity contribution in [3.63, 3.8) is 0 Å². The van der Waals surface area contributed by atoms with Crippen LogP contribution >= 0.6 is 11.6 Å². The number of benzene rings is 1. The maximum absolute atomic E-state index is 13.0. The fourth-order valence-corrected chi connectivity index (χ4v) is 3.68. The molecule has 2 heterocycles. The molecule has 116 valence electrons. The second-order valence-corrected chi connectivity index (χ2v) is 6.57. The van der Waals surface area contributed by atoms with E-state index in [0.717, 1.165) is 6.54 Å². The third-order valence-corrected chi connectivity index (χ3v) is 4.96. The molecule has 0 spiro atoms. The molecule has 2 atom stereocenters. The van der Waals surface area contributed by atoms with Gasteiger partial charge in [-0.05, 0) is 50.9 Å². The van der Waals surface area contributed by atoms with Crippen molar-refractivity contribution in [2.75, 3.05) is 20.2 Å². The van der Waals surface area contributed by atoms with E-state index >= 15 is 0 Å². The van der Waals surface area contributed by atoms with E-state index in [9.17, 15) is 4.39 Å². The fourth-order valence-electron chi connectivity index (χ4n) is 3.46. The molecule has 2 fully saturated rings. The highest BCUT2D eigenvalue weighted by Crippen LogP contribution is 2.29. The molecule has 1 N–H and O–H groups in total. The normalized spacial score (nSPS) is 28.1. The summed E-state index contributed by atoms with van der Waals surface area (Å²) in [5.41, 5.74) is 0. The van der Waals surface area contributed by atoms with E-state index < -0.39 is 0 Å². The number of halogens is 2. The maximum Gasteiger partial charge on any atom is 0.138 e. The molecule has 0 radical (unpaired) electrons. The summed E-state index contributed by atoms with van der Waals surface area (Å²) >= 11 is 5.95. The van der Waals surface area contributed by atoms with Gasteiger partial charge in [0.05, 0.1) is 5.02 Å². The maximum atomic E-state index is 13.0. The lowest BCUT2D eigenvalue weighted by atomic mass is 9.99. The van der Waals surface area contributed by atoms with Crippen LogP contribution in [0, 0.1) is 5.82 Å². The summed E-state index contributed by atoms with van der Waals surface area (Å²) in [4.78, 5) is 2.38. The van der Waals surface area contributed by atoms with Crippen LogP contribution in [0.5, 0.6) is 5.75 Å². The first-order valence-corrected chi connectivity index (χ1v) is 8.04. The quantitative estimate of drug-likeness (QED) is 0.904. The molecule has 1 aromatic carbocycles. The summed E-state index contributed by atoms with van der Waals surface area (Å²) in [6, 6.07) is 6.27. The molecular formula is C16H22ClFN2O. The van der Waals surface area contributed by atoms with Gasteiger partial charge in [0.15, 0.2) is 0 Å². The highest BCUT2D eigenvalue weighted by molar-refractivity contribution is 6.32. The minimum Gasteiger partial charge on any atom is -0.491 e. The average Bonchev–Trinajstić information content (AvgIpc) is 2.79. The number of hydrogen-bond donors (Lipinski definition) is 1. The minimum atomic E-state index is -0.338. The first-order valence-electron chi connectivity index (χ1n) is 7.66. The second-order valence-electron chi connectivity index (χ2n) is 6.17. The molecule has 3 nitrogen and oxygen atoms in total. The van der Waals surface area contributed by atoms with Crippen molar-refractivity contribution in [2.24, 2.45) is 0 Å². The molecule has 2 bridgehead atoms. The molecule has 0 amide bonds. The van der Waals surface area contributed by atoms with Gasteiger partial charge in [0, 0.05) is 24.7 Å². The van der Waals surface area contributed by atoms with Crippen molar-refractivity contribution in [3.05, 3.63) is 29.0 Å². The molecule has 0 aliphatic carbocycles. The number of rotatable bonds is 5. The van der Waals surface area contributed by atoms with Crippen LogP contribution in [0.3, 0.4) is 0 Å². The van der Waals surface area contributed by atoms with E-state index in [2.05, 4.69) is 17.3 Å². The molecular weight excluding hydrogens is 291 g/mol. The Morgan fingerprint density at radius 3 is 2.71 bits per heavy atom. The van der Waals surface area contributed by atoms with Crippen LogP contribution in [0.1, 0.15) is 25.7 Å². The second kappa shape index (κ2) is 6.51. The van der Waals surface area contributed by atoms with E-state index in [-0.39, 0.29) is 5.82 Å². The van der Waals surface area contributed by atoms with E-state index in [1.807, 2.05) is 0 Å². The summed E-state index contributed by atoms with van der Waals surface area (Å²) < 4.78 is 18.6. The van der Waals surface area contributed by atoms with Gasteiger partial charge in [0.1, 0.15) is 18.2 Å². The molecule has 2 unspecified atom stereocenters. The van der Waals surface area contributed by atoms with Crippen LogP contribution in [-0.2, 0) is 0 Å². The SMILES string of the molecule is CN(CCOc1ccc(F)cc1Cl)C1CC2CCC(C1)N2. The van der Waals surface area contributed by atoms with E-state index in [4.69, 9.17) is 16.3 Å². The Hall–Kier alpha value is -0.840. The van der Waals surface area contributed by atoms with E-state index in [1.54, 1.807) is 6.07 Å². The standard InChI is InChI=1S/C16H22ClFN2O/c1-20(14-9-12-3-4-13(10-14)19-12)6-7-21-16-5-2-11(18)8-15(16)17/h2,5,8,12-14,19H,3-4,6-7,9-10H2,1H3. The van der Waals surface area contributed by atoms with Gasteiger partial charge in [-0.3, -0.25) is 4.90 Å². The summed E-state index contributed by atoms with van der Waals surface area (Å²) in [5.74, 6) is 0.214. The largest absolute Gasteiger partial charge is 0.491 e. The zero-order valence-corrected chi connectivity index (χ0v) is 13.1. The Labute approximate surface area is 130 Å². The van der Waals surface area contributed by atoms with Crippen molar-refractivity contribution in [1.82, 2.24) is 10.2 Å². The van der Waals surface area contributed by atoms with Crippen molar-refractivity contribution >= 4 is 11.6 Å². The molecule has 2 saturated heterocycles. The summed E-state index contributed by atoms with van der Waals surface area (Å²) in [5, 5.41) is 3.99. The average molecular weight is 313 g/mol. The number of piperidine rings is 1. The van der Waals surface area contributed by atoms with Gasteiger partial charge < -0.3 is 10.1 Å². The summed E-state index contributed by atoms with van der Waals surface area (Å²) in [6.07, 6.45) is 5.09. The predicted molar refractivity (Wildman–Crippen MR) is 82.5 cm³/mol. The first-order chi connectivity index (χ1) is 10.1. The van der Waals surface area contributed by atoms with Gasteiger partial charge in [-0.2, -0.15) is 0 Å². The predicted octanol–water partition coefficient (Wildman–Crippen LogP) is 3.07. The van der Waals surface area contributed by atoms with Crippen LogP contribution in [-0.4, -0.2) is 43.2 Å². The van der Waals surface area contributed by atoms with Gasteiger partial charge in [-0.1, -0.05) is 11.6 Å². The van der Waals surface area contributed by atoms with Gasteiger partial charge in [0.2, 0.25) is 0 Å². The Morgan fingerprint density at radius 2 is 2.05 bits per heavy atom. The van der Waals surface area contributed by atoms with Crippen molar-refractivity contribution in [3.8, 4) is 5.75 Å². The van der Waals surface area contributed by atoms with Gasteiger partial charge in [0.25, 0.3) is 0 Å². The highest BCUT2D eigenvalue weighted by Gasteiger charge is 2.34. The molecule has 0 saturated carbocycles. The topological polar surface area (TPSA) is 24.5 Å². The molecule has 2 aliphatic heterocycles. The minimum absolute atomic E-state index is 0.331. The third-order valence-electron chi connectivity index (χ3n) is 4.67. The highest BCUT2D eigenvalue weighted by atomic mass is 35.5. The van der Waals surface area contributed by atoms with E-state index in [0.29, 0.717) is 35.5 Å². The van der Waals surface area contributed by atoms with Crippen LogP contribution in [0.4, 0.5) is 4.39 Å². The van der Waals surface area contributed by atoms with Crippen LogP contribution < -0.4 is 10.1 Å². The number of ether oxygens (including phenoxy) is 1. The van der Waals surface area contributed by atoms with Gasteiger partial charge in [-0.25, -0.2) is 4.39 Å². The lowest BCUT2D eigenvalue weighted by Gasteiger charge is -2.35. The molecule has 3 rings (SSSR count). The van der Waals surface area contributed by atoms with Crippen molar-refractivity contribution in [2.45, 2.75) is 43.8 Å². The lowest BCUT2D eigenvalue weighted by molar-refractivity contribution is 0.147. The monoisotopic (exact) mass is 312 g/mol. The molecule has 21 heavy (non-hydrogen) atoms. The smallest absolute Gasteiger partial charge is 0.138 e. The number of fused-ring (bicyclic) bond motifs is 2. The Balaban J connectivity index is 1.46. The zero-order chi connectivity index (χ0) is 14.8. The zero-order valence-electron chi connectivity index (χ0n) is 12.3. The first kappa shape index (κ1) is 15.1. The van der Waals surface area contributed by atoms with Gasteiger partial charge >= 0.3 is 0 Å². The molecule has 2 aliphatic rings. The van der Waals surface area contributed by atoms with Crippen LogP contribution in [0.25, 0.3) is 0 Å². The Kier molecular flexibility index (Phi) is 4.67.